The maximum Gasteiger partial charge on any atom is 0.334 e. The minimum atomic E-state index is -0.635. The molecule has 0 unspecified atom stereocenters. The second-order valence-electron chi connectivity index (χ2n) is 6.93. The normalized spacial score (nSPS) is 10.9. The van der Waals surface area contributed by atoms with Gasteiger partial charge in [-0.3, -0.25) is 14.6 Å². The van der Waals surface area contributed by atoms with E-state index < -0.39 is 11.2 Å². The van der Waals surface area contributed by atoms with Crippen LogP contribution in [0.4, 0.5) is 5.82 Å². The second-order valence-corrected chi connectivity index (χ2v) is 7.87. The number of nitrogens with zero attached hydrogens (tertiary/aromatic N) is 3. The quantitative estimate of drug-likeness (QED) is 0.370. The minimum Gasteiger partial charge on any atom is -0.311 e. The summed E-state index contributed by atoms with van der Waals surface area (Å²) in [7, 11) is 0. The van der Waals surface area contributed by atoms with Crippen LogP contribution in [-0.2, 0) is 4.79 Å². The van der Waals surface area contributed by atoms with E-state index in [9.17, 15) is 14.4 Å². The van der Waals surface area contributed by atoms with Gasteiger partial charge in [-0.15, -0.1) is 0 Å². The molecule has 0 aliphatic rings. The lowest BCUT2D eigenvalue weighted by atomic mass is 10.1. The lowest BCUT2D eigenvalue weighted by Gasteiger charge is -2.15. The van der Waals surface area contributed by atoms with Gasteiger partial charge in [0.25, 0.3) is 5.56 Å². The largest absolute Gasteiger partial charge is 0.334 e. The molecule has 2 N–H and O–H groups in total. The van der Waals surface area contributed by atoms with E-state index in [0.29, 0.717) is 10.8 Å². The number of rotatable bonds is 5. The van der Waals surface area contributed by atoms with Crippen molar-refractivity contribution in [2.75, 3.05) is 11.1 Å². The van der Waals surface area contributed by atoms with E-state index in [-0.39, 0.29) is 17.5 Å². The van der Waals surface area contributed by atoms with E-state index in [2.05, 4.69) is 20.3 Å². The number of aromatic nitrogens is 4. The third kappa shape index (κ3) is 4.56. The number of thioether (sulfide) groups is 1. The Kier molecular flexibility index (Phi) is 5.68. The average molecular weight is 433 g/mol. The third-order valence-electron chi connectivity index (χ3n) is 4.51. The molecule has 0 aliphatic heterocycles. The van der Waals surface area contributed by atoms with Crippen molar-refractivity contribution in [3.05, 3.63) is 86.8 Å². The summed E-state index contributed by atoms with van der Waals surface area (Å²) < 4.78 is 1.29. The molecule has 0 bridgehead atoms. The zero-order valence-electron chi connectivity index (χ0n) is 16.9. The molecule has 156 valence electrons. The number of nitrogens with one attached hydrogen (secondary N) is 2. The molecule has 0 atom stereocenters. The Hall–Kier alpha value is -3.72. The molecule has 1 amide bonds. The highest BCUT2D eigenvalue weighted by Crippen LogP contribution is 2.23. The minimum absolute atomic E-state index is 0.0272. The number of aryl methyl sites for hydroxylation is 2. The predicted molar refractivity (Wildman–Crippen MR) is 121 cm³/mol. The number of fused-ring (bicyclic) bond motifs is 1. The van der Waals surface area contributed by atoms with Crippen LogP contribution in [0.5, 0.6) is 0 Å². The fraction of sp³-hybridized carbons (Fsp3) is 0.136. The van der Waals surface area contributed by atoms with Gasteiger partial charge in [0.2, 0.25) is 5.91 Å². The summed E-state index contributed by atoms with van der Waals surface area (Å²) in [6, 6.07) is 16.1. The molecule has 31 heavy (non-hydrogen) atoms. The fourth-order valence-corrected chi connectivity index (χ4v) is 4.05. The van der Waals surface area contributed by atoms with Gasteiger partial charge in [0.05, 0.1) is 11.4 Å². The zero-order valence-corrected chi connectivity index (χ0v) is 17.7. The molecule has 0 aliphatic carbocycles. The number of carbonyl (C=O) groups is 1. The van der Waals surface area contributed by atoms with Crippen LogP contribution < -0.4 is 16.6 Å². The van der Waals surface area contributed by atoms with E-state index >= 15 is 0 Å². The Bertz CT molecular complexity index is 1380. The number of carbonyl (C=O) groups excluding carboxylic acids is 1. The lowest BCUT2D eigenvalue weighted by Crippen LogP contribution is -2.32. The summed E-state index contributed by atoms with van der Waals surface area (Å²) in [6.07, 6.45) is 0. The second kappa shape index (κ2) is 8.57. The zero-order chi connectivity index (χ0) is 22.0. The van der Waals surface area contributed by atoms with Crippen LogP contribution in [0.3, 0.4) is 0 Å². The van der Waals surface area contributed by atoms with Crippen molar-refractivity contribution in [1.29, 1.82) is 0 Å². The molecule has 8 nitrogen and oxygen atoms in total. The molecule has 2 aromatic carbocycles. The molecule has 2 aromatic heterocycles. The highest BCUT2D eigenvalue weighted by molar-refractivity contribution is 7.99. The number of aromatic amines is 1. The van der Waals surface area contributed by atoms with Crippen LogP contribution >= 0.6 is 11.8 Å². The summed E-state index contributed by atoms with van der Waals surface area (Å²) in [4.78, 5) is 48.1. The number of H-pyrrole nitrogens is 1. The van der Waals surface area contributed by atoms with Crippen molar-refractivity contribution in [2.24, 2.45) is 0 Å². The summed E-state index contributed by atoms with van der Waals surface area (Å²) in [6.45, 7) is 3.72. The Morgan fingerprint density at radius 3 is 2.52 bits per heavy atom. The SMILES string of the molecule is Cc1cc(C)nc(SCC(=O)Nc2cc(=O)[nH]c(=O)n2-c2cccc3ccccc23)n1. The third-order valence-corrected chi connectivity index (χ3v) is 5.36. The standard InChI is InChI=1S/C22H19N5O3S/c1-13-10-14(2)24-21(23-13)31-12-20(29)25-18-11-19(28)26-22(30)27(18)17-9-5-7-15-6-3-4-8-16(15)17/h3-11H,12H2,1-2H3,(H,25,29)(H,26,28,30). The number of benzene rings is 2. The van der Waals surface area contributed by atoms with Crippen molar-refractivity contribution in [2.45, 2.75) is 19.0 Å². The molecule has 0 saturated carbocycles. The molecule has 4 rings (SSSR count). The lowest BCUT2D eigenvalue weighted by molar-refractivity contribution is -0.113. The van der Waals surface area contributed by atoms with Crippen molar-refractivity contribution >= 4 is 34.3 Å². The van der Waals surface area contributed by atoms with Crippen molar-refractivity contribution in [1.82, 2.24) is 19.5 Å². The van der Waals surface area contributed by atoms with E-state index in [4.69, 9.17) is 0 Å². The highest BCUT2D eigenvalue weighted by Gasteiger charge is 2.14. The number of amides is 1. The maximum atomic E-state index is 12.7. The Balaban J connectivity index is 1.66. The molecule has 9 heteroatoms. The monoisotopic (exact) mass is 433 g/mol. The first kappa shape index (κ1) is 20.5. The Morgan fingerprint density at radius 2 is 1.74 bits per heavy atom. The van der Waals surface area contributed by atoms with Crippen LogP contribution in [0.2, 0.25) is 0 Å². The molecule has 0 saturated heterocycles. The average Bonchev–Trinajstić information content (AvgIpc) is 2.71. The Labute approximate surface area is 181 Å². The molecule has 2 heterocycles. The van der Waals surface area contributed by atoms with Crippen LogP contribution in [0.25, 0.3) is 16.5 Å². The van der Waals surface area contributed by atoms with Crippen LogP contribution in [0, 0.1) is 13.8 Å². The molecule has 0 radical (unpaired) electrons. The molecular formula is C22H19N5O3S. The van der Waals surface area contributed by atoms with Gasteiger partial charge >= 0.3 is 5.69 Å². The highest BCUT2D eigenvalue weighted by atomic mass is 32.2. The smallest absolute Gasteiger partial charge is 0.311 e. The fourth-order valence-electron chi connectivity index (χ4n) is 3.30. The van der Waals surface area contributed by atoms with Crippen molar-refractivity contribution in [3.63, 3.8) is 0 Å². The number of hydrogen-bond acceptors (Lipinski definition) is 6. The van der Waals surface area contributed by atoms with E-state index in [1.165, 1.54) is 22.4 Å². The number of hydrogen-bond donors (Lipinski definition) is 2. The first-order valence-corrected chi connectivity index (χ1v) is 10.5. The van der Waals surface area contributed by atoms with Gasteiger partial charge in [0.15, 0.2) is 5.16 Å². The van der Waals surface area contributed by atoms with Gasteiger partial charge in [-0.1, -0.05) is 48.2 Å². The van der Waals surface area contributed by atoms with Gasteiger partial charge < -0.3 is 5.32 Å². The summed E-state index contributed by atoms with van der Waals surface area (Å²) in [5, 5.41) is 4.91. The molecular weight excluding hydrogens is 414 g/mol. The molecule has 0 spiro atoms. The van der Waals surface area contributed by atoms with E-state index in [1.54, 1.807) is 6.07 Å². The van der Waals surface area contributed by atoms with Crippen molar-refractivity contribution < 1.29 is 4.79 Å². The predicted octanol–water partition coefficient (Wildman–Crippen LogP) is 2.82. The van der Waals surface area contributed by atoms with Gasteiger partial charge in [0, 0.05) is 22.8 Å². The van der Waals surface area contributed by atoms with E-state index in [1.807, 2.05) is 56.3 Å². The van der Waals surface area contributed by atoms with Gasteiger partial charge in [-0.05, 0) is 31.4 Å². The van der Waals surface area contributed by atoms with Crippen LogP contribution in [-0.4, -0.2) is 31.2 Å². The van der Waals surface area contributed by atoms with Crippen LogP contribution in [0.1, 0.15) is 11.4 Å². The van der Waals surface area contributed by atoms with Crippen molar-refractivity contribution in [3.8, 4) is 5.69 Å². The number of anilines is 1. The molecule has 0 fully saturated rings. The first-order chi connectivity index (χ1) is 14.9. The Morgan fingerprint density at radius 1 is 1.03 bits per heavy atom. The molecule has 4 aromatic rings. The van der Waals surface area contributed by atoms with Crippen LogP contribution in [0.15, 0.2) is 69.3 Å². The summed E-state index contributed by atoms with van der Waals surface area (Å²) >= 11 is 1.18. The maximum absolute atomic E-state index is 12.7. The summed E-state index contributed by atoms with van der Waals surface area (Å²) in [5.74, 6) is -0.261. The topological polar surface area (TPSA) is 110 Å². The van der Waals surface area contributed by atoms with Gasteiger partial charge in [0.1, 0.15) is 5.82 Å². The van der Waals surface area contributed by atoms with Gasteiger partial charge in [-0.25, -0.2) is 19.3 Å². The summed E-state index contributed by atoms with van der Waals surface area (Å²) in [5.41, 5.74) is 0.955. The van der Waals surface area contributed by atoms with Gasteiger partial charge in [-0.2, -0.15) is 0 Å². The van der Waals surface area contributed by atoms with E-state index in [0.717, 1.165) is 22.2 Å². The first-order valence-electron chi connectivity index (χ1n) is 9.50.